The van der Waals surface area contributed by atoms with Crippen LogP contribution in [-0.4, -0.2) is 16.5 Å². The van der Waals surface area contributed by atoms with E-state index in [4.69, 9.17) is 0 Å². The Kier molecular flexibility index (Phi) is 3.28. The number of nitrogens with zero attached hydrogens (tertiary/aromatic N) is 3. The van der Waals surface area contributed by atoms with E-state index in [-0.39, 0.29) is 0 Å². The molecule has 4 heteroatoms. The van der Waals surface area contributed by atoms with E-state index < -0.39 is 0 Å². The number of aromatic nitrogens is 2. The van der Waals surface area contributed by atoms with Gasteiger partial charge in [0.15, 0.2) is 0 Å². The van der Waals surface area contributed by atoms with Crippen molar-refractivity contribution >= 4 is 21.9 Å². The van der Waals surface area contributed by atoms with Crippen molar-refractivity contribution in [1.82, 2.24) is 9.97 Å². The minimum absolute atomic E-state index is 0.802. The molecule has 0 atom stereocenters. The summed E-state index contributed by atoms with van der Waals surface area (Å²) >= 11 is 3.41. The van der Waals surface area contributed by atoms with Gasteiger partial charge in [0.2, 0.25) is 5.95 Å². The quantitative estimate of drug-likeness (QED) is 0.799. The fraction of sp³-hybridized carbons (Fsp3) is 0.286. The highest BCUT2D eigenvalue weighted by Gasteiger charge is 2.17. The highest BCUT2D eigenvalue weighted by atomic mass is 79.9. The summed E-state index contributed by atoms with van der Waals surface area (Å²) in [7, 11) is 0. The van der Waals surface area contributed by atoms with Crippen molar-refractivity contribution in [3.8, 4) is 0 Å². The molecule has 1 aromatic heterocycles. The number of hydrogen-bond donors (Lipinski definition) is 0. The fourth-order valence-electron chi connectivity index (χ4n) is 2.25. The Labute approximate surface area is 115 Å². The predicted molar refractivity (Wildman–Crippen MR) is 75.9 cm³/mol. The van der Waals surface area contributed by atoms with Crippen molar-refractivity contribution in [2.45, 2.75) is 18.3 Å². The molecule has 3 nitrogen and oxygen atoms in total. The zero-order chi connectivity index (χ0) is 12.4. The summed E-state index contributed by atoms with van der Waals surface area (Å²) in [6.45, 7) is 1.90. The second kappa shape index (κ2) is 5.06. The normalized spacial score (nSPS) is 14.4. The van der Waals surface area contributed by atoms with E-state index in [1.165, 1.54) is 11.1 Å². The van der Waals surface area contributed by atoms with E-state index in [0.29, 0.717) is 0 Å². The lowest BCUT2D eigenvalue weighted by Gasteiger charge is -2.28. The van der Waals surface area contributed by atoms with Gasteiger partial charge in [0.25, 0.3) is 0 Å². The van der Waals surface area contributed by atoms with Crippen LogP contribution in [0.5, 0.6) is 0 Å². The van der Waals surface area contributed by atoms with Gasteiger partial charge in [-0.05, 0) is 23.1 Å². The van der Waals surface area contributed by atoms with Gasteiger partial charge >= 0.3 is 0 Å². The molecule has 2 heterocycles. The minimum atomic E-state index is 0.802. The molecule has 92 valence electrons. The average Bonchev–Trinajstić information content (AvgIpc) is 2.47. The van der Waals surface area contributed by atoms with E-state index in [0.717, 1.165) is 36.4 Å². The molecule has 18 heavy (non-hydrogen) atoms. The lowest BCUT2D eigenvalue weighted by atomic mass is 10.0. The van der Waals surface area contributed by atoms with Crippen molar-refractivity contribution in [2.75, 3.05) is 11.4 Å². The molecule has 1 aromatic carbocycles. The van der Waals surface area contributed by atoms with Gasteiger partial charge in [-0.2, -0.15) is 0 Å². The highest BCUT2D eigenvalue weighted by molar-refractivity contribution is 9.08. The van der Waals surface area contributed by atoms with Crippen LogP contribution in [0, 0.1) is 0 Å². The zero-order valence-electron chi connectivity index (χ0n) is 10.0. The first-order valence-electron chi connectivity index (χ1n) is 6.05. The van der Waals surface area contributed by atoms with Gasteiger partial charge in [-0.1, -0.05) is 40.2 Å². The monoisotopic (exact) mass is 303 g/mol. The molecule has 0 bridgehead atoms. The third-order valence-electron chi connectivity index (χ3n) is 3.26. The van der Waals surface area contributed by atoms with Crippen LogP contribution in [0.2, 0.25) is 0 Å². The number of fused-ring (bicyclic) bond motifs is 1. The molecule has 0 fully saturated rings. The summed E-state index contributed by atoms with van der Waals surface area (Å²) in [5, 5.41) is 0.802. The first-order valence-corrected chi connectivity index (χ1v) is 7.17. The molecule has 0 saturated carbocycles. The van der Waals surface area contributed by atoms with Gasteiger partial charge in [0.1, 0.15) is 0 Å². The Bertz CT molecular complexity index is 539. The molecule has 1 aliphatic rings. The lowest BCUT2D eigenvalue weighted by Crippen LogP contribution is -2.31. The van der Waals surface area contributed by atoms with Crippen LogP contribution < -0.4 is 4.90 Å². The van der Waals surface area contributed by atoms with Gasteiger partial charge in [0, 0.05) is 30.8 Å². The summed E-state index contributed by atoms with van der Waals surface area (Å²) in [5.74, 6) is 0.828. The Morgan fingerprint density at radius 3 is 2.56 bits per heavy atom. The first kappa shape index (κ1) is 11.7. The van der Waals surface area contributed by atoms with Crippen molar-refractivity contribution in [3.05, 3.63) is 53.3 Å². The molecule has 1 aliphatic heterocycles. The van der Waals surface area contributed by atoms with Gasteiger partial charge in [-0.15, -0.1) is 0 Å². The van der Waals surface area contributed by atoms with Crippen molar-refractivity contribution in [2.24, 2.45) is 0 Å². The molecule has 0 saturated heterocycles. The molecular formula is C14H14BrN3. The topological polar surface area (TPSA) is 29.0 Å². The van der Waals surface area contributed by atoms with Gasteiger partial charge in [-0.25, -0.2) is 9.97 Å². The summed E-state index contributed by atoms with van der Waals surface area (Å²) in [6.07, 6.45) is 4.84. The number of benzene rings is 1. The van der Waals surface area contributed by atoms with Crippen molar-refractivity contribution in [1.29, 1.82) is 0 Å². The van der Waals surface area contributed by atoms with E-state index in [2.05, 4.69) is 55.1 Å². The molecule has 2 aromatic rings. The summed E-state index contributed by atoms with van der Waals surface area (Å²) < 4.78 is 0. The smallest absolute Gasteiger partial charge is 0.225 e. The Balaban J connectivity index is 1.82. The van der Waals surface area contributed by atoms with Crippen LogP contribution in [0.25, 0.3) is 0 Å². The Morgan fingerprint density at radius 1 is 1.11 bits per heavy atom. The molecule has 0 spiro atoms. The summed E-state index contributed by atoms with van der Waals surface area (Å²) in [4.78, 5) is 11.1. The molecule has 3 rings (SSSR count). The largest absolute Gasteiger partial charge is 0.336 e. The predicted octanol–water partition coefficient (Wildman–Crippen LogP) is 2.93. The lowest BCUT2D eigenvalue weighted by molar-refractivity contribution is 0.707. The number of hydrogen-bond acceptors (Lipinski definition) is 3. The third-order valence-corrected chi connectivity index (χ3v) is 3.91. The number of halogens is 1. The van der Waals surface area contributed by atoms with Crippen molar-refractivity contribution < 1.29 is 0 Å². The highest BCUT2D eigenvalue weighted by Crippen LogP contribution is 2.21. The van der Waals surface area contributed by atoms with Crippen LogP contribution in [0.1, 0.15) is 16.7 Å². The Hall–Kier alpha value is -1.42. The zero-order valence-corrected chi connectivity index (χ0v) is 11.6. The second-order valence-electron chi connectivity index (χ2n) is 4.47. The Morgan fingerprint density at radius 2 is 1.83 bits per heavy atom. The maximum absolute atomic E-state index is 4.43. The number of rotatable bonds is 2. The van der Waals surface area contributed by atoms with Crippen LogP contribution >= 0.6 is 15.9 Å². The van der Waals surface area contributed by atoms with Gasteiger partial charge < -0.3 is 4.90 Å². The van der Waals surface area contributed by atoms with Crippen LogP contribution in [0.3, 0.4) is 0 Å². The minimum Gasteiger partial charge on any atom is -0.336 e. The van der Waals surface area contributed by atoms with Crippen LogP contribution in [0.4, 0.5) is 5.95 Å². The van der Waals surface area contributed by atoms with Gasteiger partial charge in [0.05, 0.1) is 0 Å². The van der Waals surface area contributed by atoms with E-state index >= 15 is 0 Å². The molecule has 0 unspecified atom stereocenters. The summed E-state index contributed by atoms with van der Waals surface area (Å²) in [5.41, 5.74) is 3.94. The second-order valence-corrected chi connectivity index (χ2v) is 5.03. The maximum Gasteiger partial charge on any atom is 0.225 e. The van der Waals surface area contributed by atoms with E-state index in [1.54, 1.807) is 0 Å². The molecule has 0 aliphatic carbocycles. The maximum atomic E-state index is 4.43. The van der Waals surface area contributed by atoms with Gasteiger partial charge in [-0.3, -0.25) is 0 Å². The number of anilines is 1. The third kappa shape index (κ3) is 2.25. The van der Waals surface area contributed by atoms with E-state index in [1.807, 2.05) is 12.4 Å². The van der Waals surface area contributed by atoms with Crippen LogP contribution in [-0.2, 0) is 18.3 Å². The van der Waals surface area contributed by atoms with Crippen LogP contribution in [0.15, 0.2) is 36.7 Å². The number of alkyl halides is 1. The summed E-state index contributed by atoms with van der Waals surface area (Å²) in [6, 6.07) is 8.60. The van der Waals surface area contributed by atoms with Crippen molar-refractivity contribution in [3.63, 3.8) is 0 Å². The molecule has 0 amide bonds. The molecule has 0 radical (unpaired) electrons. The SMILES string of the molecule is BrCc1cnc(N2CCc3ccccc3C2)nc1. The fourth-order valence-corrected chi connectivity index (χ4v) is 2.54. The average molecular weight is 304 g/mol. The van der Waals surface area contributed by atoms with E-state index in [9.17, 15) is 0 Å². The first-order chi connectivity index (χ1) is 8.86. The standard InChI is InChI=1S/C14H14BrN3/c15-7-11-8-16-14(17-9-11)18-6-5-12-3-1-2-4-13(12)10-18/h1-4,8-9H,5-7,10H2. The molecular weight excluding hydrogens is 290 g/mol. The molecule has 0 N–H and O–H groups in total.